The second kappa shape index (κ2) is 14.3. The molecule has 11 aromatic rings. The van der Waals surface area contributed by atoms with Crippen LogP contribution >= 0.6 is 10.0 Å². The molecular weight excluding hydrogens is 809 g/mol. The monoisotopic (exact) mass is 850 g/mol. The van der Waals surface area contributed by atoms with Gasteiger partial charge < -0.3 is 4.57 Å². The first kappa shape index (κ1) is 37.7. The fourth-order valence-electron chi connectivity index (χ4n) is 11.0. The van der Waals surface area contributed by atoms with Crippen LogP contribution in [0.25, 0.3) is 83.9 Å². The highest BCUT2D eigenvalue weighted by Crippen LogP contribution is 2.71. The Kier molecular flexibility index (Phi) is 8.31. The highest BCUT2D eigenvalue weighted by Gasteiger charge is 2.52. The standard InChI is InChI=1S/C60H42N4S/c1-65(2)54-30-14-11-25-49(54)60(48-24-10-13-29-53(48)64-52-28-12-9-21-46(52)47-23-16-26-50(60)55(47)64)51-27-15-22-45(56(51)65)41-33-37-44(38-34-41)59-62-57(42-19-7-4-8-20-42)61-58(63-59)43-35-31-40(32-36-43)39-17-5-3-6-18-39/h3-38H,1-2H3. The molecule has 308 valence electrons. The first-order valence-corrected chi connectivity index (χ1v) is 24.6. The van der Waals surface area contributed by atoms with E-state index in [2.05, 4.69) is 211 Å². The predicted molar refractivity (Wildman–Crippen MR) is 269 cm³/mol. The van der Waals surface area contributed by atoms with Crippen LogP contribution in [0.2, 0.25) is 0 Å². The average Bonchev–Trinajstić information content (AvgIpc) is 3.72. The molecule has 0 fully saturated rings. The van der Waals surface area contributed by atoms with Crippen LogP contribution in [0.5, 0.6) is 0 Å². The van der Waals surface area contributed by atoms with Crippen molar-refractivity contribution >= 4 is 31.8 Å². The Balaban J connectivity index is 0.990. The summed E-state index contributed by atoms with van der Waals surface area (Å²) in [4.78, 5) is 18.1. The van der Waals surface area contributed by atoms with Crippen molar-refractivity contribution in [2.45, 2.75) is 15.2 Å². The van der Waals surface area contributed by atoms with Crippen molar-refractivity contribution in [3.8, 4) is 62.1 Å². The van der Waals surface area contributed by atoms with Crippen molar-refractivity contribution in [1.29, 1.82) is 0 Å². The molecule has 9 aromatic carbocycles. The predicted octanol–water partition coefficient (Wildman–Crippen LogP) is 14.8. The maximum atomic E-state index is 5.13. The molecule has 0 bridgehead atoms. The highest BCUT2D eigenvalue weighted by molar-refractivity contribution is 8.33. The zero-order chi connectivity index (χ0) is 43.3. The summed E-state index contributed by atoms with van der Waals surface area (Å²) in [7, 11) is -1.52. The number of hydrogen-bond donors (Lipinski definition) is 0. The van der Waals surface area contributed by atoms with Gasteiger partial charge in [0.25, 0.3) is 0 Å². The molecular formula is C60H42N4S. The van der Waals surface area contributed by atoms with Crippen LogP contribution in [-0.4, -0.2) is 32.0 Å². The van der Waals surface area contributed by atoms with Crippen LogP contribution in [-0.2, 0) is 5.41 Å². The van der Waals surface area contributed by atoms with Crippen molar-refractivity contribution in [3.63, 3.8) is 0 Å². The van der Waals surface area contributed by atoms with E-state index in [9.17, 15) is 0 Å². The van der Waals surface area contributed by atoms with Gasteiger partial charge in [0, 0.05) is 32.4 Å². The Labute approximate surface area is 379 Å². The van der Waals surface area contributed by atoms with E-state index in [4.69, 9.17) is 15.0 Å². The Morgan fingerprint density at radius 2 is 0.846 bits per heavy atom. The number of aromatic nitrogens is 4. The van der Waals surface area contributed by atoms with E-state index in [0.717, 1.165) is 22.3 Å². The van der Waals surface area contributed by atoms with Gasteiger partial charge in [0.2, 0.25) is 0 Å². The van der Waals surface area contributed by atoms with Crippen LogP contribution in [0.4, 0.5) is 0 Å². The molecule has 2 aliphatic rings. The van der Waals surface area contributed by atoms with Crippen molar-refractivity contribution in [1.82, 2.24) is 19.5 Å². The van der Waals surface area contributed by atoms with E-state index in [1.54, 1.807) is 0 Å². The zero-order valence-corrected chi connectivity index (χ0v) is 36.8. The molecule has 0 saturated heterocycles. The smallest absolute Gasteiger partial charge is 0.164 e. The van der Waals surface area contributed by atoms with E-state index in [0.29, 0.717) is 17.5 Å². The van der Waals surface area contributed by atoms with Crippen molar-refractivity contribution in [3.05, 3.63) is 241 Å². The third-order valence-corrected chi connectivity index (χ3v) is 16.7. The molecule has 1 atom stereocenters. The minimum Gasteiger partial charge on any atom is -0.309 e. The van der Waals surface area contributed by atoms with Gasteiger partial charge in [-0.05, 0) is 80.1 Å². The quantitative estimate of drug-likeness (QED) is 0.173. The van der Waals surface area contributed by atoms with E-state index in [-0.39, 0.29) is 0 Å². The number of rotatable bonds is 5. The number of nitrogens with zero attached hydrogens (tertiary/aromatic N) is 4. The molecule has 2 aliphatic heterocycles. The maximum absolute atomic E-state index is 5.13. The summed E-state index contributed by atoms with van der Waals surface area (Å²) in [6, 6.07) is 79.4. The van der Waals surface area contributed by atoms with Crippen LogP contribution in [0.3, 0.4) is 0 Å². The Morgan fingerprint density at radius 1 is 0.369 bits per heavy atom. The zero-order valence-electron chi connectivity index (χ0n) is 36.0. The molecule has 4 heterocycles. The molecule has 65 heavy (non-hydrogen) atoms. The van der Waals surface area contributed by atoms with Gasteiger partial charge in [0.1, 0.15) is 0 Å². The number of hydrogen-bond acceptors (Lipinski definition) is 3. The Morgan fingerprint density at radius 3 is 1.55 bits per heavy atom. The normalized spacial score (nSPS) is 15.9. The molecule has 0 amide bonds. The average molecular weight is 851 g/mol. The molecule has 0 N–H and O–H groups in total. The number of para-hydroxylation sites is 3. The van der Waals surface area contributed by atoms with Crippen molar-refractivity contribution in [2.24, 2.45) is 0 Å². The SMILES string of the molecule is CS1(C)c2ccccc2C2(c3ccccc3-n3c4ccccc4c4cccc2c43)c2cccc(-c3ccc(-c4nc(-c5ccccc5)nc(-c5ccc(-c6ccccc6)cc5)n4)cc3)c21. The Bertz CT molecular complexity index is 3670. The molecule has 0 radical (unpaired) electrons. The van der Waals surface area contributed by atoms with E-state index < -0.39 is 15.4 Å². The Hall–Kier alpha value is -7.86. The van der Waals surface area contributed by atoms with Crippen LogP contribution in [0.1, 0.15) is 22.3 Å². The van der Waals surface area contributed by atoms with Gasteiger partial charge in [-0.2, -0.15) is 10.0 Å². The molecule has 1 unspecified atom stereocenters. The lowest BCUT2D eigenvalue weighted by Crippen LogP contribution is -2.39. The molecule has 2 aromatic heterocycles. The molecule has 13 rings (SSSR count). The van der Waals surface area contributed by atoms with Crippen molar-refractivity contribution in [2.75, 3.05) is 12.5 Å². The summed E-state index contributed by atoms with van der Waals surface area (Å²) in [5, 5.41) is 2.57. The minimum absolute atomic E-state index is 0.542. The molecule has 5 heteroatoms. The highest BCUT2D eigenvalue weighted by atomic mass is 32.3. The summed E-state index contributed by atoms with van der Waals surface area (Å²) < 4.78 is 2.52. The largest absolute Gasteiger partial charge is 0.309 e. The first-order valence-electron chi connectivity index (χ1n) is 22.2. The minimum atomic E-state index is -1.52. The third kappa shape index (κ3) is 5.49. The summed E-state index contributed by atoms with van der Waals surface area (Å²) in [6.07, 6.45) is 4.98. The van der Waals surface area contributed by atoms with Crippen LogP contribution in [0.15, 0.2) is 228 Å². The van der Waals surface area contributed by atoms with Gasteiger partial charge in [-0.15, -0.1) is 0 Å². The summed E-state index contributed by atoms with van der Waals surface area (Å²) in [6.45, 7) is 0. The van der Waals surface area contributed by atoms with Gasteiger partial charge >= 0.3 is 0 Å². The van der Waals surface area contributed by atoms with Gasteiger partial charge in [0.05, 0.1) is 22.1 Å². The van der Waals surface area contributed by atoms with Gasteiger partial charge in [0.15, 0.2) is 17.5 Å². The van der Waals surface area contributed by atoms with Gasteiger partial charge in [-0.3, -0.25) is 0 Å². The van der Waals surface area contributed by atoms with Crippen molar-refractivity contribution < 1.29 is 0 Å². The molecule has 0 saturated carbocycles. The lowest BCUT2D eigenvalue weighted by molar-refractivity contribution is 0.687. The summed E-state index contributed by atoms with van der Waals surface area (Å²) in [5.74, 6) is 1.93. The maximum Gasteiger partial charge on any atom is 0.164 e. The van der Waals surface area contributed by atoms with Gasteiger partial charge in [-0.25, -0.2) is 15.0 Å². The number of benzene rings is 9. The summed E-state index contributed by atoms with van der Waals surface area (Å²) >= 11 is 0. The van der Waals surface area contributed by atoms with E-state index >= 15 is 0 Å². The molecule has 4 nitrogen and oxygen atoms in total. The molecule has 1 spiro atoms. The van der Waals surface area contributed by atoms with Crippen LogP contribution < -0.4 is 0 Å². The van der Waals surface area contributed by atoms with Gasteiger partial charge in [-0.1, -0.05) is 200 Å². The molecule has 0 aliphatic carbocycles. The van der Waals surface area contributed by atoms with Crippen LogP contribution in [0, 0.1) is 0 Å². The lowest BCUT2D eigenvalue weighted by Gasteiger charge is -2.52. The topological polar surface area (TPSA) is 43.6 Å². The second-order valence-corrected chi connectivity index (χ2v) is 21.0. The van der Waals surface area contributed by atoms with E-state index in [1.165, 1.54) is 76.2 Å². The fraction of sp³-hybridized carbons (Fsp3) is 0.0500. The summed E-state index contributed by atoms with van der Waals surface area (Å²) in [5.41, 5.74) is 16.2. The fourth-order valence-corrected chi connectivity index (χ4v) is 13.9. The number of fused-ring (bicyclic) bond motifs is 11. The first-order chi connectivity index (χ1) is 32.0. The lowest BCUT2D eigenvalue weighted by atomic mass is 9.62. The second-order valence-electron chi connectivity index (χ2n) is 17.5. The third-order valence-electron chi connectivity index (χ3n) is 13.8. The van der Waals surface area contributed by atoms with E-state index in [1.807, 2.05) is 24.3 Å².